The van der Waals surface area contributed by atoms with Gasteiger partial charge in [0.1, 0.15) is 18.2 Å². The lowest BCUT2D eigenvalue weighted by Gasteiger charge is -2.08. The fourth-order valence-electron chi connectivity index (χ4n) is 1.65. The summed E-state index contributed by atoms with van der Waals surface area (Å²) in [6.07, 6.45) is 1.85. The molecule has 0 saturated carbocycles. The van der Waals surface area contributed by atoms with Crippen LogP contribution in [0.2, 0.25) is 5.02 Å². The van der Waals surface area contributed by atoms with Gasteiger partial charge < -0.3 is 10.1 Å². The van der Waals surface area contributed by atoms with Gasteiger partial charge in [-0.25, -0.2) is 9.07 Å². The molecule has 21 heavy (non-hydrogen) atoms. The summed E-state index contributed by atoms with van der Waals surface area (Å²) in [5.74, 6) is -0.103. The van der Waals surface area contributed by atoms with Crippen molar-refractivity contribution in [1.29, 1.82) is 0 Å². The number of ether oxygens (including phenoxy) is 1. The predicted molar refractivity (Wildman–Crippen MR) is 82.0 cm³/mol. The Bertz CT molecular complexity index is 608. The molecule has 1 heterocycles. The molecule has 8 heteroatoms. The minimum Gasteiger partial charge on any atom is -0.490 e. The maximum absolute atomic E-state index is 13.4. The van der Waals surface area contributed by atoms with E-state index in [0.29, 0.717) is 29.9 Å². The summed E-state index contributed by atoms with van der Waals surface area (Å²) in [6.45, 7) is 4.47. The third kappa shape index (κ3) is 4.66. The molecule has 0 atom stereocenters. The topological polar surface area (TPSA) is 52.0 Å². The molecule has 0 bridgehead atoms. The Hall–Kier alpha value is -1.18. The zero-order valence-corrected chi connectivity index (χ0v) is 13.8. The molecule has 0 spiro atoms. The molecule has 0 unspecified atom stereocenters. The van der Waals surface area contributed by atoms with E-state index in [-0.39, 0.29) is 5.02 Å². The largest absolute Gasteiger partial charge is 0.490 e. The summed E-state index contributed by atoms with van der Waals surface area (Å²) in [4.78, 5) is 0. The van der Waals surface area contributed by atoms with Crippen molar-refractivity contribution >= 4 is 27.5 Å². The second kappa shape index (κ2) is 7.72. The van der Waals surface area contributed by atoms with E-state index < -0.39 is 5.82 Å². The Balaban J connectivity index is 1.87. The highest BCUT2D eigenvalue weighted by molar-refractivity contribution is 9.10. The van der Waals surface area contributed by atoms with Crippen molar-refractivity contribution < 1.29 is 9.13 Å². The van der Waals surface area contributed by atoms with Gasteiger partial charge in [-0.1, -0.05) is 23.7 Å². The monoisotopic (exact) mass is 376 g/mol. The summed E-state index contributed by atoms with van der Waals surface area (Å²) in [5.41, 5.74) is 0.871. The van der Waals surface area contributed by atoms with Crippen molar-refractivity contribution in [2.24, 2.45) is 0 Å². The zero-order valence-electron chi connectivity index (χ0n) is 11.4. The first-order valence-electron chi connectivity index (χ1n) is 6.47. The van der Waals surface area contributed by atoms with Crippen molar-refractivity contribution in [3.63, 3.8) is 0 Å². The minimum atomic E-state index is -0.511. The fourth-order valence-corrected chi connectivity index (χ4v) is 2.40. The van der Waals surface area contributed by atoms with Crippen LogP contribution in [0.5, 0.6) is 5.75 Å². The molecule has 0 aliphatic heterocycles. The van der Waals surface area contributed by atoms with Crippen LogP contribution < -0.4 is 10.1 Å². The van der Waals surface area contributed by atoms with Gasteiger partial charge >= 0.3 is 0 Å². The van der Waals surface area contributed by atoms with E-state index in [1.165, 1.54) is 12.1 Å². The van der Waals surface area contributed by atoms with Crippen LogP contribution in [0.25, 0.3) is 0 Å². The highest BCUT2D eigenvalue weighted by atomic mass is 79.9. The lowest BCUT2D eigenvalue weighted by molar-refractivity contribution is 0.287. The zero-order chi connectivity index (χ0) is 15.2. The van der Waals surface area contributed by atoms with E-state index in [4.69, 9.17) is 16.3 Å². The third-order valence-corrected chi connectivity index (χ3v) is 3.60. The molecular weight excluding hydrogens is 363 g/mol. The number of nitrogens with zero attached hydrogens (tertiary/aromatic N) is 3. The molecular formula is C13H15BrClFN4O. The van der Waals surface area contributed by atoms with Gasteiger partial charge in [0.2, 0.25) is 0 Å². The lowest BCUT2D eigenvalue weighted by Crippen LogP contribution is -2.12. The maximum Gasteiger partial charge on any atom is 0.145 e. The maximum atomic E-state index is 13.4. The van der Waals surface area contributed by atoms with Gasteiger partial charge in [0, 0.05) is 18.8 Å². The number of benzene rings is 1. The van der Waals surface area contributed by atoms with Gasteiger partial charge in [-0.05, 0) is 28.5 Å². The second-order valence-electron chi connectivity index (χ2n) is 4.30. The summed E-state index contributed by atoms with van der Waals surface area (Å²) >= 11 is 8.95. The van der Waals surface area contributed by atoms with Crippen molar-refractivity contribution in [3.05, 3.63) is 39.3 Å². The first-order valence-corrected chi connectivity index (χ1v) is 7.64. The lowest BCUT2D eigenvalue weighted by atomic mass is 10.3. The molecule has 0 aliphatic carbocycles. The Labute approximate surface area is 135 Å². The molecule has 0 saturated heterocycles. The SMILES string of the molecule is CCNCc1cn(CCOc2cc(F)c(Cl)cc2Br)nn1. The first kappa shape index (κ1) is 16.2. The number of nitrogens with one attached hydrogen (secondary N) is 1. The molecule has 0 fully saturated rings. The highest BCUT2D eigenvalue weighted by Gasteiger charge is 2.08. The summed E-state index contributed by atoms with van der Waals surface area (Å²) in [7, 11) is 0. The van der Waals surface area contributed by atoms with Gasteiger partial charge in [0.15, 0.2) is 0 Å². The van der Waals surface area contributed by atoms with Crippen molar-refractivity contribution in [1.82, 2.24) is 20.3 Å². The Morgan fingerprint density at radius 1 is 1.48 bits per heavy atom. The van der Waals surface area contributed by atoms with Crippen LogP contribution in [0.4, 0.5) is 4.39 Å². The van der Waals surface area contributed by atoms with Crippen molar-refractivity contribution in [3.8, 4) is 5.75 Å². The smallest absolute Gasteiger partial charge is 0.145 e. The number of aromatic nitrogens is 3. The molecule has 1 aromatic carbocycles. The number of rotatable bonds is 7. The average Bonchev–Trinajstić information content (AvgIpc) is 2.90. The molecule has 2 rings (SSSR count). The van der Waals surface area contributed by atoms with Gasteiger partial charge in [0.05, 0.1) is 21.7 Å². The van der Waals surface area contributed by atoms with Crippen molar-refractivity contribution in [2.75, 3.05) is 13.2 Å². The normalized spacial score (nSPS) is 10.9. The molecule has 114 valence electrons. The van der Waals surface area contributed by atoms with Crippen molar-refractivity contribution in [2.45, 2.75) is 20.0 Å². The van der Waals surface area contributed by atoms with Gasteiger partial charge in [-0.2, -0.15) is 0 Å². The van der Waals surface area contributed by atoms with Crippen LogP contribution in [0, 0.1) is 5.82 Å². The second-order valence-corrected chi connectivity index (χ2v) is 5.56. The van der Waals surface area contributed by atoms with Crippen LogP contribution in [0.3, 0.4) is 0 Å². The molecule has 5 nitrogen and oxygen atoms in total. The molecule has 0 aliphatic rings. The van der Waals surface area contributed by atoms with E-state index >= 15 is 0 Å². The molecule has 0 amide bonds. The summed E-state index contributed by atoms with van der Waals surface area (Å²) < 4.78 is 21.2. The molecule has 1 N–H and O–H groups in total. The van der Waals surface area contributed by atoms with Crippen LogP contribution in [-0.2, 0) is 13.1 Å². The Morgan fingerprint density at radius 2 is 2.29 bits per heavy atom. The summed E-state index contributed by atoms with van der Waals surface area (Å²) in [6, 6.07) is 2.72. The Kier molecular flexibility index (Phi) is 5.96. The average molecular weight is 378 g/mol. The third-order valence-electron chi connectivity index (χ3n) is 2.69. The minimum absolute atomic E-state index is 0.0542. The Morgan fingerprint density at radius 3 is 3.05 bits per heavy atom. The first-order chi connectivity index (χ1) is 10.1. The number of hydrogen-bond acceptors (Lipinski definition) is 4. The van der Waals surface area contributed by atoms with Gasteiger partial charge in [-0.15, -0.1) is 5.10 Å². The number of halogens is 3. The number of hydrogen-bond donors (Lipinski definition) is 1. The molecule has 1 aromatic heterocycles. The van der Waals surface area contributed by atoms with Gasteiger partial charge in [-0.3, -0.25) is 0 Å². The molecule has 2 aromatic rings. The summed E-state index contributed by atoms with van der Waals surface area (Å²) in [5, 5.41) is 11.3. The van der Waals surface area contributed by atoms with E-state index in [2.05, 4.69) is 31.6 Å². The van der Waals surface area contributed by atoms with Crippen LogP contribution in [-0.4, -0.2) is 28.1 Å². The van der Waals surface area contributed by atoms with Crippen LogP contribution in [0.1, 0.15) is 12.6 Å². The van der Waals surface area contributed by atoms with Crippen LogP contribution >= 0.6 is 27.5 Å². The van der Waals surface area contributed by atoms with E-state index in [0.717, 1.165) is 12.2 Å². The van der Waals surface area contributed by atoms with E-state index in [9.17, 15) is 4.39 Å². The standard InChI is InChI=1S/C13H15BrClFN4O/c1-2-17-7-9-8-20(19-18-9)3-4-21-13-6-12(16)11(15)5-10(13)14/h5-6,8,17H,2-4,7H2,1H3. The van der Waals surface area contributed by atoms with E-state index in [1.807, 2.05) is 13.1 Å². The fraction of sp³-hybridized carbons (Fsp3) is 0.385. The van der Waals surface area contributed by atoms with Crippen LogP contribution in [0.15, 0.2) is 22.8 Å². The van der Waals surface area contributed by atoms with Gasteiger partial charge in [0.25, 0.3) is 0 Å². The quantitative estimate of drug-likeness (QED) is 0.754. The van der Waals surface area contributed by atoms with E-state index in [1.54, 1.807) is 4.68 Å². The predicted octanol–water partition coefficient (Wildman–Crippen LogP) is 3.02. The molecule has 0 radical (unpaired) electrons. The highest BCUT2D eigenvalue weighted by Crippen LogP contribution is 2.30.